The highest BCUT2D eigenvalue weighted by atomic mass is 32.2. The van der Waals surface area contributed by atoms with Crippen LogP contribution in [-0.2, 0) is 16.4 Å². The van der Waals surface area contributed by atoms with E-state index in [1.54, 1.807) is 26.8 Å². The van der Waals surface area contributed by atoms with Gasteiger partial charge in [0.15, 0.2) is 0 Å². The first kappa shape index (κ1) is 21.4. The molecule has 0 saturated heterocycles. The summed E-state index contributed by atoms with van der Waals surface area (Å²) in [5.74, 6) is -1.88. The van der Waals surface area contributed by atoms with Crippen LogP contribution >= 0.6 is 0 Å². The standard InChI is InChI=1S/C21H24F2N2O3S/c1-4-24(5-2)29(27,28)15-9-11-19(23)17(13-15)21(26)25-12-6-7-16-18(22)10-8-14(3)20(16)25/h8-11,13H,4-7,12H2,1-3H3. The number of fused-ring (bicyclic) bond motifs is 1. The average Bonchev–Trinajstić information content (AvgIpc) is 2.71. The van der Waals surface area contributed by atoms with E-state index < -0.39 is 27.6 Å². The van der Waals surface area contributed by atoms with Gasteiger partial charge in [0.25, 0.3) is 5.91 Å². The number of nitrogens with zero attached hydrogens (tertiary/aromatic N) is 2. The van der Waals surface area contributed by atoms with Crippen LogP contribution in [0.2, 0.25) is 0 Å². The van der Waals surface area contributed by atoms with Gasteiger partial charge in [-0.3, -0.25) is 4.79 Å². The van der Waals surface area contributed by atoms with Crippen LogP contribution in [0.1, 0.15) is 41.8 Å². The van der Waals surface area contributed by atoms with Crippen molar-refractivity contribution >= 4 is 21.6 Å². The van der Waals surface area contributed by atoms with Crippen LogP contribution in [-0.4, -0.2) is 38.3 Å². The lowest BCUT2D eigenvalue weighted by atomic mass is 9.96. The number of halogens is 2. The zero-order valence-electron chi connectivity index (χ0n) is 16.7. The summed E-state index contributed by atoms with van der Waals surface area (Å²) in [4.78, 5) is 14.4. The predicted octanol–water partition coefficient (Wildman–Crippen LogP) is 3.90. The van der Waals surface area contributed by atoms with Gasteiger partial charge in [-0.15, -0.1) is 0 Å². The Bertz CT molecular complexity index is 1050. The van der Waals surface area contributed by atoms with E-state index in [-0.39, 0.29) is 23.5 Å². The van der Waals surface area contributed by atoms with E-state index in [1.807, 2.05) is 0 Å². The smallest absolute Gasteiger partial charge is 0.261 e. The van der Waals surface area contributed by atoms with Crippen molar-refractivity contribution in [3.8, 4) is 0 Å². The van der Waals surface area contributed by atoms with Crippen LogP contribution < -0.4 is 4.90 Å². The van der Waals surface area contributed by atoms with E-state index in [9.17, 15) is 22.0 Å². The first-order valence-corrected chi connectivity index (χ1v) is 11.1. The Morgan fingerprint density at radius 3 is 2.41 bits per heavy atom. The molecule has 8 heteroatoms. The van der Waals surface area contributed by atoms with E-state index in [0.29, 0.717) is 36.2 Å². The molecule has 156 valence electrons. The molecule has 29 heavy (non-hydrogen) atoms. The first-order chi connectivity index (χ1) is 13.7. The number of hydrogen-bond donors (Lipinski definition) is 0. The maximum atomic E-state index is 14.6. The third-order valence-electron chi connectivity index (χ3n) is 5.26. The minimum absolute atomic E-state index is 0.140. The molecule has 0 radical (unpaired) electrons. The minimum Gasteiger partial charge on any atom is -0.308 e. The topological polar surface area (TPSA) is 57.7 Å². The molecule has 0 atom stereocenters. The number of hydrogen-bond acceptors (Lipinski definition) is 3. The van der Waals surface area contributed by atoms with Crippen LogP contribution in [0.5, 0.6) is 0 Å². The molecule has 0 aliphatic carbocycles. The Morgan fingerprint density at radius 1 is 1.10 bits per heavy atom. The molecule has 2 aromatic rings. The van der Waals surface area contributed by atoms with Crippen molar-refractivity contribution in [2.24, 2.45) is 0 Å². The number of aryl methyl sites for hydroxylation is 1. The van der Waals surface area contributed by atoms with Crippen LogP contribution in [0.25, 0.3) is 0 Å². The van der Waals surface area contributed by atoms with E-state index in [4.69, 9.17) is 0 Å². The highest BCUT2D eigenvalue weighted by Gasteiger charge is 2.30. The summed E-state index contributed by atoms with van der Waals surface area (Å²) in [7, 11) is -3.84. The number of carbonyl (C=O) groups is 1. The average molecular weight is 422 g/mol. The van der Waals surface area contributed by atoms with Crippen molar-refractivity contribution in [2.75, 3.05) is 24.5 Å². The molecule has 1 aliphatic rings. The number of carbonyl (C=O) groups excluding carboxylic acids is 1. The molecule has 0 N–H and O–H groups in total. The summed E-state index contributed by atoms with van der Waals surface area (Å²) in [5.41, 5.74) is 1.24. The zero-order chi connectivity index (χ0) is 21.3. The molecule has 1 aliphatic heterocycles. The number of amides is 1. The molecule has 1 heterocycles. The van der Waals surface area contributed by atoms with Crippen molar-refractivity contribution in [2.45, 2.75) is 38.5 Å². The van der Waals surface area contributed by atoms with Gasteiger partial charge in [0.2, 0.25) is 10.0 Å². The van der Waals surface area contributed by atoms with Gasteiger partial charge in [0, 0.05) is 25.2 Å². The lowest BCUT2D eigenvalue weighted by Crippen LogP contribution is -2.37. The van der Waals surface area contributed by atoms with Gasteiger partial charge in [0.05, 0.1) is 16.1 Å². The van der Waals surface area contributed by atoms with E-state index in [0.717, 1.165) is 18.2 Å². The molecular weight excluding hydrogens is 398 g/mol. The number of benzene rings is 2. The minimum atomic E-state index is -3.84. The van der Waals surface area contributed by atoms with Gasteiger partial charge in [-0.2, -0.15) is 4.31 Å². The summed E-state index contributed by atoms with van der Waals surface area (Å²) in [6, 6.07) is 6.17. The van der Waals surface area contributed by atoms with Gasteiger partial charge >= 0.3 is 0 Å². The fourth-order valence-corrected chi connectivity index (χ4v) is 5.24. The van der Waals surface area contributed by atoms with Gasteiger partial charge in [-0.1, -0.05) is 19.9 Å². The molecule has 0 spiro atoms. The van der Waals surface area contributed by atoms with Crippen molar-refractivity contribution in [3.05, 3.63) is 58.7 Å². The molecule has 2 aromatic carbocycles. The summed E-state index contributed by atoms with van der Waals surface area (Å²) < 4.78 is 55.6. The van der Waals surface area contributed by atoms with Crippen molar-refractivity contribution in [1.29, 1.82) is 0 Å². The van der Waals surface area contributed by atoms with Crippen molar-refractivity contribution in [1.82, 2.24) is 4.31 Å². The van der Waals surface area contributed by atoms with Crippen LogP contribution in [0.15, 0.2) is 35.2 Å². The summed E-state index contributed by atoms with van der Waals surface area (Å²) in [6.45, 7) is 6.01. The molecular formula is C21H24F2N2O3S. The molecule has 1 amide bonds. The van der Waals surface area contributed by atoms with E-state index in [1.165, 1.54) is 15.3 Å². The molecule has 0 bridgehead atoms. The highest BCUT2D eigenvalue weighted by molar-refractivity contribution is 7.89. The Kier molecular flexibility index (Phi) is 6.05. The zero-order valence-corrected chi connectivity index (χ0v) is 17.5. The third-order valence-corrected chi connectivity index (χ3v) is 7.31. The predicted molar refractivity (Wildman–Crippen MR) is 108 cm³/mol. The Balaban J connectivity index is 2.08. The monoisotopic (exact) mass is 422 g/mol. The van der Waals surface area contributed by atoms with E-state index in [2.05, 4.69) is 0 Å². The molecule has 5 nitrogen and oxygen atoms in total. The van der Waals surface area contributed by atoms with Crippen LogP contribution in [0.3, 0.4) is 0 Å². The van der Waals surface area contributed by atoms with Gasteiger partial charge in [-0.05, 0) is 49.6 Å². The maximum absolute atomic E-state index is 14.6. The van der Waals surface area contributed by atoms with E-state index >= 15 is 0 Å². The molecule has 0 fully saturated rings. The number of sulfonamides is 1. The SMILES string of the molecule is CCN(CC)S(=O)(=O)c1ccc(F)c(C(=O)N2CCCc3c(F)ccc(C)c32)c1. The maximum Gasteiger partial charge on any atom is 0.261 e. The Hall–Kier alpha value is -2.32. The Morgan fingerprint density at radius 2 is 1.76 bits per heavy atom. The summed E-state index contributed by atoms with van der Waals surface area (Å²) in [6.07, 6.45) is 1.03. The van der Waals surface area contributed by atoms with Gasteiger partial charge in [-0.25, -0.2) is 17.2 Å². The summed E-state index contributed by atoms with van der Waals surface area (Å²) >= 11 is 0. The normalized spacial score (nSPS) is 14.2. The second kappa shape index (κ2) is 8.20. The van der Waals surface area contributed by atoms with Crippen LogP contribution in [0.4, 0.5) is 14.5 Å². The van der Waals surface area contributed by atoms with Crippen LogP contribution in [0, 0.1) is 18.6 Å². The fourth-order valence-electron chi connectivity index (χ4n) is 3.76. The molecule has 0 saturated carbocycles. The number of anilines is 1. The lowest BCUT2D eigenvalue weighted by molar-refractivity contribution is 0.0980. The third kappa shape index (κ3) is 3.79. The molecule has 0 aromatic heterocycles. The fraction of sp³-hybridized carbons (Fsp3) is 0.381. The van der Waals surface area contributed by atoms with Crippen molar-refractivity contribution in [3.63, 3.8) is 0 Å². The molecule has 0 unspecified atom stereocenters. The largest absolute Gasteiger partial charge is 0.308 e. The highest BCUT2D eigenvalue weighted by Crippen LogP contribution is 2.34. The van der Waals surface area contributed by atoms with Gasteiger partial charge in [0.1, 0.15) is 11.6 Å². The second-order valence-electron chi connectivity index (χ2n) is 6.98. The Labute approximate surface area is 170 Å². The number of rotatable bonds is 5. The summed E-state index contributed by atoms with van der Waals surface area (Å²) in [5, 5.41) is 0. The van der Waals surface area contributed by atoms with Crippen molar-refractivity contribution < 1.29 is 22.0 Å². The molecule has 3 rings (SSSR count). The lowest BCUT2D eigenvalue weighted by Gasteiger charge is -2.31. The quantitative estimate of drug-likeness (QED) is 0.734. The second-order valence-corrected chi connectivity index (χ2v) is 8.92. The van der Waals surface area contributed by atoms with Gasteiger partial charge < -0.3 is 4.90 Å². The first-order valence-electron chi connectivity index (χ1n) is 9.61.